The Bertz CT molecular complexity index is 445. The zero-order valence-corrected chi connectivity index (χ0v) is 11.2. The Morgan fingerprint density at radius 1 is 1.32 bits per heavy atom. The molecule has 1 heterocycles. The van der Waals surface area contributed by atoms with Crippen molar-refractivity contribution in [2.24, 2.45) is 0 Å². The van der Waals surface area contributed by atoms with Crippen LogP contribution in [0.25, 0.3) is 0 Å². The number of amides is 1. The first-order chi connectivity index (χ1) is 9.06. The van der Waals surface area contributed by atoms with Gasteiger partial charge in [0.25, 0.3) is 0 Å². The molecule has 1 amide bonds. The van der Waals surface area contributed by atoms with Crippen LogP contribution in [0.1, 0.15) is 6.42 Å². The maximum Gasteiger partial charge on any atom is 0.225 e. The first-order valence-electron chi connectivity index (χ1n) is 6.19. The van der Waals surface area contributed by atoms with Crippen molar-refractivity contribution < 1.29 is 15.0 Å². The second-order valence-electron chi connectivity index (χ2n) is 4.67. The Kier molecular flexibility index (Phi) is 4.76. The lowest BCUT2D eigenvalue weighted by atomic mass is 10.3. The predicted molar refractivity (Wildman–Crippen MR) is 73.2 cm³/mol. The summed E-state index contributed by atoms with van der Waals surface area (Å²) in [6.45, 7) is 1.31. The standard InChI is InChI=1S/C13H17ClN2O3/c14-9-3-1-2-4-10(9)15-13(19)5-6-16-7-11(17)12(18)8-16/h1-4,11-12,17-18H,5-8H2,(H,15,19). The van der Waals surface area contributed by atoms with Gasteiger partial charge < -0.3 is 15.5 Å². The fraction of sp³-hybridized carbons (Fsp3) is 0.462. The minimum atomic E-state index is -0.716. The van der Waals surface area contributed by atoms with E-state index in [1.54, 1.807) is 24.3 Å². The number of nitrogens with one attached hydrogen (secondary N) is 1. The van der Waals surface area contributed by atoms with E-state index in [0.29, 0.717) is 36.8 Å². The van der Waals surface area contributed by atoms with E-state index >= 15 is 0 Å². The van der Waals surface area contributed by atoms with Crippen LogP contribution in [-0.4, -0.2) is 52.9 Å². The van der Waals surface area contributed by atoms with Crippen LogP contribution in [-0.2, 0) is 4.79 Å². The Labute approximate surface area is 116 Å². The van der Waals surface area contributed by atoms with Gasteiger partial charge in [0.15, 0.2) is 0 Å². The lowest BCUT2D eigenvalue weighted by Gasteiger charge is -2.14. The van der Waals surface area contributed by atoms with E-state index in [1.165, 1.54) is 0 Å². The first-order valence-corrected chi connectivity index (χ1v) is 6.57. The maximum absolute atomic E-state index is 11.8. The first kappa shape index (κ1) is 14.3. The fourth-order valence-corrected chi connectivity index (χ4v) is 2.25. The maximum atomic E-state index is 11.8. The number of carbonyl (C=O) groups is 1. The normalized spacial score (nSPS) is 23.5. The van der Waals surface area contributed by atoms with Gasteiger partial charge in [-0.15, -0.1) is 0 Å². The van der Waals surface area contributed by atoms with Crippen LogP contribution in [0.15, 0.2) is 24.3 Å². The molecule has 0 bridgehead atoms. The Morgan fingerprint density at radius 3 is 2.58 bits per heavy atom. The molecule has 0 saturated carbocycles. The van der Waals surface area contributed by atoms with Crippen molar-refractivity contribution in [2.45, 2.75) is 18.6 Å². The monoisotopic (exact) mass is 284 g/mol. The molecule has 0 radical (unpaired) electrons. The molecule has 1 saturated heterocycles. The highest BCUT2D eigenvalue weighted by molar-refractivity contribution is 6.33. The lowest BCUT2D eigenvalue weighted by molar-refractivity contribution is -0.116. The van der Waals surface area contributed by atoms with Crippen LogP contribution >= 0.6 is 11.6 Å². The van der Waals surface area contributed by atoms with Crippen molar-refractivity contribution in [1.82, 2.24) is 4.90 Å². The van der Waals surface area contributed by atoms with Crippen LogP contribution in [0.2, 0.25) is 5.02 Å². The summed E-state index contributed by atoms with van der Waals surface area (Å²) in [7, 11) is 0. The molecular weight excluding hydrogens is 268 g/mol. The Morgan fingerprint density at radius 2 is 1.95 bits per heavy atom. The topological polar surface area (TPSA) is 72.8 Å². The number of carbonyl (C=O) groups excluding carboxylic acids is 1. The van der Waals surface area contributed by atoms with Crippen molar-refractivity contribution in [3.05, 3.63) is 29.3 Å². The number of hydrogen-bond acceptors (Lipinski definition) is 4. The van der Waals surface area contributed by atoms with E-state index in [2.05, 4.69) is 5.32 Å². The van der Waals surface area contributed by atoms with Gasteiger partial charge in [-0.3, -0.25) is 9.69 Å². The van der Waals surface area contributed by atoms with Crippen LogP contribution < -0.4 is 5.32 Å². The zero-order chi connectivity index (χ0) is 13.8. The van der Waals surface area contributed by atoms with E-state index in [-0.39, 0.29) is 5.91 Å². The molecule has 19 heavy (non-hydrogen) atoms. The highest BCUT2D eigenvalue weighted by atomic mass is 35.5. The molecule has 2 rings (SSSR count). The fourth-order valence-electron chi connectivity index (χ4n) is 2.06. The third-order valence-electron chi connectivity index (χ3n) is 3.14. The number of anilines is 1. The van der Waals surface area contributed by atoms with Crippen LogP contribution in [0.5, 0.6) is 0 Å². The minimum absolute atomic E-state index is 0.135. The smallest absolute Gasteiger partial charge is 0.225 e. The van der Waals surface area contributed by atoms with Gasteiger partial charge in [0.2, 0.25) is 5.91 Å². The summed E-state index contributed by atoms with van der Waals surface area (Å²) in [4.78, 5) is 13.6. The quantitative estimate of drug-likeness (QED) is 0.761. The van der Waals surface area contributed by atoms with Gasteiger partial charge in [0, 0.05) is 26.1 Å². The second-order valence-corrected chi connectivity index (χ2v) is 5.08. The van der Waals surface area contributed by atoms with Crippen molar-refractivity contribution in [3.63, 3.8) is 0 Å². The third kappa shape index (κ3) is 3.91. The van der Waals surface area contributed by atoms with Gasteiger partial charge >= 0.3 is 0 Å². The summed E-state index contributed by atoms with van der Waals surface area (Å²) >= 11 is 5.94. The molecule has 3 N–H and O–H groups in total. The predicted octanol–water partition coefficient (Wildman–Crippen LogP) is 0.706. The molecule has 1 aromatic carbocycles. The van der Waals surface area contributed by atoms with Gasteiger partial charge in [0.1, 0.15) is 0 Å². The van der Waals surface area contributed by atoms with Gasteiger partial charge in [-0.1, -0.05) is 23.7 Å². The lowest BCUT2D eigenvalue weighted by Crippen LogP contribution is -2.27. The minimum Gasteiger partial charge on any atom is -0.389 e. The van der Waals surface area contributed by atoms with E-state index in [0.717, 1.165) is 0 Å². The molecule has 1 aliphatic rings. The van der Waals surface area contributed by atoms with E-state index in [4.69, 9.17) is 11.6 Å². The number of halogens is 1. The van der Waals surface area contributed by atoms with Crippen LogP contribution in [0.3, 0.4) is 0 Å². The average Bonchev–Trinajstić information content (AvgIpc) is 2.69. The number of para-hydroxylation sites is 1. The SMILES string of the molecule is O=C(CCN1CC(O)C(O)C1)Nc1ccccc1Cl. The molecule has 104 valence electrons. The Balaban J connectivity index is 1.78. The number of rotatable bonds is 4. The summed E-state index contributed by atoms with van der Waals surface area (Å²) in [5, 5.41) is 22.0. The second kappa shape index (κ2) is 6.34. The van der Waals surface area contributed by atoms with Gasteiger partial charge in [-0.2, -0.15) is 0 Å². The van der Waals surface area contributed by atoms with Crippen molar-refractivity contribution in [3.8, 4) is 0 Å². The molecule has 1 aromatic rings. The molecule has 2 unspecified atom stereocenters. The van der Waals surface area contributed by atoms with Crippen molar-refractivity contribution in [2.75, 3.05) is 25.0 Å². The largest absolute Gasteiger partial charge is 0.389 e. The number of nitrogens with zero attached hydrogens (tertiary/aromatic N) is 1. The summed E-state index contributed by atoms with van der Waals surface area (Å²) < 4.78 is 0. The van der Waals surface area contributed by atoms with E-state index in [9.17, 15) is 15.0 Å². The number of benzene rings is 1. The molecule has 1 aliphatic heterocycles. The molecule has 1 fully saturated rings. The van der Waals surface area contributed by atoms with Crippen LogP contribution in [0.4, 0.5) is 5.69 Å². The molecule has 2 atom stereocenters. The average molecular weight is 285 g/mol. The molecular formula is C13H17ClN2O3. The third-order valence-corrected chi connectivity index (χ3v) is 3.47. The summed E-state index contributed by atoms with van der Waals surface area (Å²) in [5.74, 6) is -0.135. The molecule has 0 aliphatic carbocycles. The number of hydrogen-bond donors (Lipinski definition) is 3. The van der Waals surface area contributed by atoms with Crippen molar-refractivity contribution in [1.29, 1.82) is 0 Å². The number of aliphatic hydroxyl groups excluding tert-OH is 2. The molecule has 0 spiro atoms. The zero-order valence-electron chi connectivity index (χ0n) is 10.4. The number of aliphatic hydroxyl groups is 2. The number of likely N-dealkylation sites (tertiary alicyclic amines) is 1. The highest BCUT2D eigenvalue weighted by Crippen LogP contribution is 2.20. The van der Waals surface area contributed by atoms with E-state index < -0.39 is 12.2 Å². The molecule has 5 nitrogen and oxygen atoms in total. The summed E-state index contributed by atoms with van der Waals surface area (Å²) in [6.07, 6.45) is -1.14. The summed E-state index contributed by atoms with van der Waals surface area (Å²) in [5.41, 5.74) is 0.593. The summed E-state index contributed by atoms with van der Waals surface area (Å²) in [6, 6.07) is 7.05. The van der Waals surface area contributed by atoms with Crippen LogP contribution in [0, 0.1) is 0 Å². The van der Waals surface area contributed by atoms with Crippen molar-refractivity contribution >= 4 is 23.2 Å². The Hall–Kier alpha value is -1.14. The van der Waals surface area contributed by atoms with Gasteiger partial charge in [0.05, 0.1) is 22.9 Å². The van der Waals surface area contributed by atoms with E-state index in [1.807, 2.05) is 4.90 Å². The molecule has 0 aromatic heterocycles. The van der Waals surface area contributed by atoms with Gasteiger partial charge in [-0.05, 0) is 12.1 Å². The van der Waals surface area contributed by atoms with Gasteiger partial charge in [-0.25, -0.2) is 0 Å². The number of β-amino-alcohol motifs (C(OH)–C–C–N with tert-alkyl or cyclic N) is 2. The highest BCUT2D eigenvalue weighted by Gasteiger charge is 2.29. The molecule has 6 heteroatoms.